The fourth-order valence-corrected chi connectivity index (χ4v) is 2.45. The van der Waals surface area contributed by atoms with E-state index in [1.54, 1.807) is 0 Å². The molecule has 0 aromatic heterocycles. The number of fused-ring (bicyclic) bond motifs is 1. The van der Waals surface area contributed by atoms with Gasteiger partial charge in [0.2, 0.25) is 0 Å². The summed E-state index contributed by atoms with van der Waals surface area (Å²) in [4.78, 5) is 22.0. The van der Waals surface area contributed by atoms with Crippen LogP contribution < -0.4 is 10.6 Å². The molecule has 0 saturated heterocycles. The number of aryl methyl sites for hydroxylation is 1. The quantitative estimate of drug-likeness (QED) is 0.681. The smallest absolute Gasteiger partial charge is 0.329 e. The van der Waals surface area contributed by atoms with Gasteiger partial charge in [-0.3, -0.25) is 0 Å². The molecule has 0 saturated carbocycles. The lowest BCUT2D eigenvalue weighted by Gasteiger charge is -2.25. The minimum Gasteiger partial charge on any atom is -0.480 e. The van der Waals surface area contributed by atoms with Gasteiger partial charge in [-0.2, -0.15) is 0 Å². The molecule has 1 aromatic rings. The summed E-state index contributed by atoms with van der Waals surface area (Å²) in [6.45, 7) is 0.137. The van der Waals surface area contributed by atoms with E-state index < -0.39 is 5.97 Å². The molecule has 1 aliphatic carbocycles. The fraction of sp³-hybridized carbons (Fsp3) is 0.467. The highest BCUT2D eigenvalue weighted by atomic mass is 16.5. The van der Waals surface area contributed by atoms with Crippen molar-refractivity contribution in [2.45, 2.75) is 25.3 Å². The third kappa shape index (κ3) is 5.07. The first-order valence-electron chi connectivity index (χ1n) is 7.06. The standard InChI is InChI=1S/C15H20N2O4/c18-14(19)10-21-8-7-16-15(20)17-13-6-5-11-3-1-2-4-12(11)9-13/h1-4,13H,5-10H2,(H,18,19)(H2,16,17,20). The minimum absolute atomic E-state index is 0.139. The maximum Gasteiger partial charge on any atom is 0.329 e. The van der Waals surface area contributed by atoms with Gasteiger partial charge in [-0.15, -0.1) is 0 Å². The van der Waals surface area contributed by atoms with Gasteiger partial charge >= 0.3 is 12.0 Å². The van der Waals surface area contributed by atoms with Crippen LogP contribution in [0.25, 0.3) is 0 Å². The lowest BCUT2D eigenvalue weighted by atomic mass is 9.88. The van der Waals surface area contributed by atoms with Crippen LogP contribution in [0, 0.1) is 0 Å². The van der Waals surface area contributed by atoms with Crippen LogP contribution in [0.15, 0.2) is 24.3 Å². The van der Waals surface area contributed by atoms with Crippen molar-refractivity contribution in [2.24, 2.45) is 0 Å². The molecule has 1 unspecified atom stereocenters. The van der Waals surface area contributed by atoms with E-state index in [0.717, 1.165) is 19.3 Å². The second-order valence-electron chi connectivity index (χ2n) is 5.05. The second-order valence-corrected chi connectivity index (χ2v) is 5.05. The maximum absolute atomic E-state index is 11.7. The van der Waals surface area contributed by atoms with Crippen molar-refractivity contribution in [1.82, 2.24) is 10.6 Å². The number of aliphatic carboxylic acids is 1. The Morgan fingerprint density at radius 3 is 2.81 bits per heavy atom. The number of amides is 2. The molecule has 2 amide bonds. The van der Waals surface area contributed by atoms with Crippen LogP contribution in [-0.2, 0) is 22.4 Å². The number of hydrogen-bond acceptors (Lipinski definition) is 3. The summed E-state index contributed by atoms with van der Waals surface area (Å²) in [6.07, 6.45) is 2.75. The second kappa shape index (κ2) is 7.64. The Kier molecular flexibility index (Phi) is 5.57. The Hall–Kier alpha value is -2.08. The van der Waals surface area contributed by atoms with Crippen LogP contribution in [0.3, 0.4) is 0 Å². The molecule has 0 aliphatic heterocycles. The molecule has 2 rings (SSSR count). The highest BCUT2D eigenvalue weighted by Gasteiger charge is 2.19. The largest absolute Gasteiger partial charge is 0.480 e. The molecule has 0 heterocycles. The highest BCUT2D eigenvalue weighted by Crippen LogP contribution is 2.20. The molecule has 0 bridgehead atoms. The van der Waals surface area contributed by atoms with E-state index in [1.807, 2.05) is 12.1 Å². The first-order chi connectivity index (χ1) is 10.1. The number of nitrogens with one attached hydrogen (secondary N) is 2. The minimum atomic E-state index is -1.01. The van der Waals surface area contributed by atoms with Crippen LogP contribution in [0.1, 0.15) is 17.5 Å². The molecule has 3 N–H and O–H groups in total. The van der Waals surface area contributed by atoms with Crippen molar-refractivity contribution in [3.8, 4) is 0 Å². The number of carbonyl (C=O) groups is 2. The van der Waals surface area contributed by atoms with Crippen molar-refractivity contribution < 1.29 is 19.4 Å². The SMILES string of the molecule is O=C(O)COCCNC(=O)NC1CCc2ccccc2C1. The Bertz CT molecular complexity index is 504. The number of carboxylic acid groups (broad SMARTS) is 1. The van der Waals surface area contributed by atoms with E-state index in [4.69, 9.17) is 9.84 Å². The fourth-order valence-electron chi connectivity index (χ4n) is 2.45. The Morgan fingerprint density at radius 1 is 1.29 bits per heavy atom. The average Bonchev–Trinajstić information content (AvgIpc) is 2.46. The van der Waals surface area contributed by atoms with Crippen LogP contribution in [0.4, 0.5) is 4.79 Å². The zero-order chi connectivity index (χ0) is 15.1. The van der Waals surface area contributed by atoms with Crippen molar-refractivity contribution in [3.63, 3.8) is 0 Å². The van der Waals surface area contributed by atoms with E-state index in [-0.39, 0.29) is 25.3 Å². The van der Waals surface area contributed by atoms with Crippen molar-refractivity contribution >= 4 is 12.0 Å². The van der Waals surface area contributed by atoms with E-state index in [0.29, 0.717) is 6.54 Å². The van der Waals surface area contributed by atoms with E-state index in [1.165, 1.54) is 11.1 Å². The van der Waals surface area contributed by atoms with Gasteiger partial charge in [0, 0.05) is 12.6 Å². The summed E-state index contributed by atoms with van der Waals surface area (Å²) in [5.41, 5.74) is 2.65. The van der Waals surface area contributed by atoms with Crippen molar-refractivity contribution in [1.29, 1.82) is 0 Å². The predicted molar refractivity (Wildman–Crippen MR) is 77.2 cm³/mol. The lowest BCUT2D eigenvalue weighted by molar-refractivity contribution is -0.142. The first-order valence-corrected chi connectivity index (χ1v) is 7.06. The molecular formula is C15H20N2O4. The van der Waals surface area contributed by atoms with Gasteiger partial charge in [-0.05, 0) is 30.4 Å². The summed E-state index contributed by atoms with van der Waals surface area (Å²) in [5, 5.41) is 14.0. The molecule has 0 spiro atoms. The van der Waals surface area contributed by atoms with Gasteiger partial charge in [0.15, 0.2) is 0 Å². The number of hydrogen-bond donors (Lipinski definition) is 3. The van der Waals surface area contributed by atoms with Crippen LogP contribution in [-0.4, -0.2) is 42.9 Å². The molecule has 0 radical (unpaired) electrons. The lowest BCUT2D eigenvalue weighted by Crippen LogP contribution is -2.45. The number of rotatable bonds is 6. The topological polar surface area (TPSA) is 87.7 Å². The first kappa shape index (κ1) is 15.3. The summed E-state index contributed by atoms with van der Waals surface area (Å²) in [5.74, 6) is -1.01. The Labute approximate surface area is 123 Å². The average molecular weight is 292 g/mol. The molecule has 1 aliphatic rings. The van der Waals surface area contributed by atoms with Gasteiger partial charge < -0.3 is 20.5 Å². The van der Waals surface area contributed by atoms with Gasteiger partial charge in [-0.25, -0.2) is 9.59 Å². The zero-order valence-corrected chi connectivity index (χ0v) is 11.8. The van der Waals surface area contributed by atoms with Gasteiger partial charge in [0.25, 0.3) is 0 Å². The Morgan fingerprint density at radius 2 is 2.05 bits per heavy atom. The van der Waals surface area contributed by atoms with Crippen molar-refractivity contribution in [2.75, 3.05) is 19.8 Å². The number of carbonyl (C=O) groups excluding carboxylic acids is 1. The van der Waals surface area contributed by atoms with E-state index in [9.17, 15) is 9.59 Å². The summed E-state index contributed by atoms with van der Waals surface area (Å²) in [6, 6.07) is 8.18. The molecule has 6 nitrogen and oxygen atoms in total. The Balaban J connectivity index is 1.66. The number of ether oxygens (including phenoxy) is 1. The predicted octanol–water partition coefficient (Wildman–Crippen LogP) is 0.944. The third-order valence-corrected chi connectivity index (χ3v) is 3.44. The summed E-state index contributed by atoms with van der Waals surface area (Å²) in [7, 11) is 0. The normalized spacial score (nSPS) is 16.9. The van der Waals surface area contributed by atoms with Crippen LogP contribution in [0.5, 0.6) is 0 Å². The molecule has 1 aromatic carbocycles. The number of carboxylic acids is 1. The van der Waals surface area contributed by atoms with Crippen LogP contribution in [0.2, 0.25) is 0 Å². The number of urea groups is 1. The van der Waals surface area contributed by atoms with Crippen LogP contribution >= 0.6 is 0 Å². The molecule has 1 atom stereocenters. The third-order valence-electron chi connectivity index (χ3n) is 3.44. The highest BCUT2D eigenvalue weighted by molar-refractivity contribution is 5.74. The zero-order valence-electron chi connectivity index (χ0n) is 11.8. The van der Waals surface area contributed by atoms with Crippen molar-refractivity contribution in [3.05, 3.63) is 35.4 Å². The van der Waals surface area contributed by atoms with Gasteiger partial charge in [0.05, 0.1) is 6.61 Å². The van der Waals surface area contributed by atoms with E-state index >= 15 is 0 Å². The summed E-state index contributed by atoms with van der Waals surface area (Å²) >= 11 is 0. The molecule has 6 heteroatoms. The van der Waals surface area contributed by atoms with Gasteiger partial charge in [-0.1, -0.05) is 24.3 Å². The molecular weight excluding hydrogens is 272 g/mol. The van der Waals surface area contributed by atoms with E-state index in [2.05, 4.69) is 22.8 Å². The monoisotopic (exact) mass is 292 g/mol. The number of benzene rings is 1. The summed E-state index contributed by atoms with van der Waals surface area (Å²) < 4.78 is 4.84. The maximum atomic E-state index is 11.7. The molecule has 21 heavy (non-hydrogen) atoms. The molecule has 114 valence electrons. The van der Waals surface area contributed by atoms with Gasteiger partial charge in [0.1, 0.15) is 6.61 Å². The molecule has 0 fully saturated rings.